The number of esters is 1. The van der Waals surface area contributed by atoms with Crippen LogP contribution in [0.4, 0.5) is 13.2 Å². The molecular formula is C23H21F3O3. The first kappa shape index (κ1) is 19.6. The van der Waals surface area contributed by atoms with Crippen LogP contribution in [0.15, 0.2) is 48.5 Å². The molecule has 29 heavy (non-hydrogen) atoms. The molecule has 0 aliphatic heterocycles. The molecule has 0 saturated heterocycles. The summed E-state index contributed by atoms with van der Waals surface area (Å²) >= 11 is 0. The van der Waals surface area contributed by atoms with E-state index >= 15 is 0 Å². The Kier molecular flexibility index (Phi) is 4.89. The van der Waals surface area contributed by atoms with Gasteiger partial charge in [-0.05, 0) is 54.2 Å². The van der Waals surface area contributed by atoms with Crippen molar-refractivity contribution in [3.8, 4) is 5.75 Å². The van der Waals surface area contributed by atoms with E-state index in [-0.39, 0.29) is 5.75 Å². The van der Waals surface area contributed by atoms with Crippen molar-refractivity contribution in [1.29, 1.82) is 0 Å². The smallest absolute Gasteiger partial charge is 0.454 e. The number of hydrogen-bond acceptors (Lipinski definition) is 3. The maximum absolute atomic E-state index is 13.2. The average Bonchev–Trinajstić information content (AvgIpc) is 2.67. The molecule has 3 nitrogen and oxygen atoms in total. The molecule has 6 heteroatoms. The lowest BCUT2D eigenvalue weighted by molar-refractivity contribution is -0.273. The highest BCUT2D eigenvalue weighted by Gasteiger charge is 2.38. The minimum absolute atomic E-state index is 0.221. The molecule has 0 atom stereocenters. The highest BCUT2D eigenvalue weighted by Crippen LogP contribution is 2.44. The van der Waals surface area contributed by atoms with Crippen molar-refractivity contribution in [2.24, 2.45) is 0 Å². The van der Waals surface area contributed by atoms with E-state index in [1.165, 1.54) is 6.92 Å². The van der Waals surface area contributed by atoms with Crippen LogP contribution in [-0.4, -0.2) is 12.3 Å². The molecule has 1 fully saturated rings. The van der Waals surface area contributed by atoms with Gasteiger partial charge in [-0.25, -0.2) is 0 Å². The number of rotatable bonds is 3. The minimum Gasteiger partial charge on any atom is -0.454 e. The number of hydrogen-bond donors (Lipinski definition) is 0. The van der Waals surface area contributed by atoms with E-state index < -0.39 is 17.9 Å². The molecule has 0 aromatic heterocycles. The largest absolute Gasteiger partial charge is 0.573 e. The van der Waals surface area contributed by atoms with Gasteiger partial charge < -0.3 is 9.47 Å². The van der Waals surface area contributed by atoms with Crippen molar-refractivity contribution in [3.05, 3.63) is 54.1 Å². The van der Waals surface area contributed by atoms with Crippen molar-refractivity contribution in [1.82, 2.24) is 0 Å². The normalized spacial score (nSPS) is 16.7. The molecule has 1 saturated carbocycles. The predicted molar refractivity (Wildman–Crippen MR) is 105 cm³/mol. The Morgan fingerprint density at radius 3 is 2.31 bits per heavy atom. The van der Waals surface area contributed by atoms with E-state index in [1.807, 2.05) is 12.1 Å². The second-order valence-electron chi connectivity index (χ2n) is 7.56. The van der Waals surface area contributed by atoms with Gasteiger partial charge in [0.1, 0.15) is 11.4 Å². The molecule has 0 radical (unpaired) electrons. The summed E-state index contributed by atoms with van der Waals surface area (Å²) in [7, 11) is 0. The Hall–Kier alpha value is -2.76. The quantitative estimate of drug-likeness (QED) is 0.365. The SMILES string of the molecule is CC(=O)OC1(c2ccc3cc4ccccc4c(OC(F)(F)F)c3c2)CCCCC1. The van der Waals surface area contributed by atoms with E-state index in [0.717, 1.165) is 19.3 Å². The number of alkyl halides is 3. The molecule has 152 valence electrons. The van der Waals surface area contributed by atoms with Crippen LogP contribution in [0.5, 0.6) is 5.75 Å². The van der Waals surface area contributed by atoms with E-state index in [2.05, 4.69) is 4.74 Å². The molecule has 0 unspecified atom stereocenters. The summed E-state index contributed by atoms with van der Waals surface area (Å²) in [4.78, 5) is 11.8. The zero-order valence-electron chi connectivity index (χ0n) is 16.0. The Balaban J connectivity index is 1.95. The van der Waals surface area contributed by atoms with Crippen LogP contribution < -0.4 is 4.74 Å². The van der Waals surface area contributed by atoms with Crippen LogP contribution in [0.25, 0.3) is 21.5 Å². The third-order valence-electron chi connectivity index (χ3n) is 5.56. The number of ether oxygens (including phenoxy) is 2. The van der Waals surface area contributed by atoms with Crippen molar-refractivity contribution >= 4 is 27.5 Å². The monoisotopic (exact) mass is 402 g/mol. The Morgan fingerprint density at radius 2 is 1.62 bits per heavy atom. The lowest BCUT2D eigenvalue weighted by Crippen LogP contribution is -2.34. The van der Waals surface area contributed by atoms with Crippen molar-refractivity contribution in [2.45, 2.75) is 51.0 Å². The maximum atomic E-state index is 13.2. The van der Waals surface area contributed by atoms with Gasteiger partial charge >= 0.3 is 12.3 Å². The summed E-state index contributed by atoms with van der Waals surface area (Å²) in [6.45, 7) is 1.36. The van der Waals surface area contributed by atoms with Gasteiger partial charge in [0, 0.05) is 17.7 Å². The number of benzene rings is 3. The fraction of sp³-hybridized carbons (Fsp3) is 0.348. The summed E-state index contributed by atoms with van der Waals surface area (Å²) in [5, 5.41) is 2.05. The molecule has 0 bridgehead atoms. The van der Waals surface area contributed by atoms with E-state index in [4.69, 9.17) is 4.74 Å². The fourth-order valence-electron chi connectivity index (χ4n) is 4.38. The molecule has 0 spiro atoms. The summed E-state index contributed by atoms with van der Waals surface area (Å²) in [6, 6.07) is 14.0. The second kappa shape index (κ2) is 7.25. The first-order valence-corrected chi connectivity index (χ1v) is 9.69. The molecule has 1 aliphatic rings. The molecule has 0 heterocycles. The van der Waals surface area contributed by atoms with E-state index in [1.54, 1.807) is 36.4 Å². The lowest BCUT2D eigenvalue weighted by atomic mass is 9.78. The second-order valence-corrected chi connectivity index (χ2v) is 7.56. The van der Waals surface area contributed by atoms with Gasteiger partial charge in [0.15, 0.2) is 0 Å². The predicted octanol–water partition coefficient (Wildman–Crippen LogP) is 6.61. The summed E-state index contributed by atoms with van der Waals surface area (Å²) in [5.74, 6) is -0.612. The molecule has 4 rings (SSSR count). The lowest BCUT2D eigenvalue weighted by Gasteiger charge is -2.37. The number of carbonyl (C=O) groups is 1. The molecule has 0 amide bonds. The Labute approximate surface area is 166 Å². The van der Waals surface area contributed by atoms with Crippen LogP contribution in [0, 0.1) is 0 Å². The van der Waals surface area contributed by atoms with Crippen LogP contribution >= 0.6 is 0 Å². The van der Waals surface area contributed by atoms with Crippen LogP contribution in [-0.2, 0) is 15.1 Å². The Morgan fingerprint density at radius 1 is 0.931 bits per heavy atom. The van der Waals surface area contributed by atoms with Crippen molar-refractivity contribution < 1.29 is 27.4 Å². The number of fused-ring (bicyclic) bond motifs is 2. The van der Waals surface area contributed by atoms with Crippen molar-refractivity contribution in [3.63, 3.8) is 0 Å². The van der Waals surface area contributed by atoms with Crippen LogP contribution in [0.3, 0.4) is 0 Å². The topological polar surface area (TPSA) is 35.5 Å². The number of carbonyl (C=O) groups excluding carboxylic acids is 1. The first-order chi connectivity index (χ1) is 13.8. The minimum atomic E-state index is -4.81. The van der Waals surface area contributed by atoms with Gasteiger partial charge in [-0.2, -0.15) is 0 Å². The highest BCUT2D eigenvalue weighted by molar-refractivity contribution is 6.05. The van der Waals surface area contributed by atoms with Gasteiger partial charge in [0.2, 0.25) is 0 Å². The van der Waals surface area contributed by atoms with Gasteiger partial charge in [0.25, 0.3) is 0 Å². The summed E-state index contributed by atoms with van der Waals surface area (Å²) in [6.07, 6.45) is -0.665. The third-order valence-corrected chi connectivity index (χ3v) is 5.56. The molecule has 3 aromatic rings. The van der Waals surface area contributed by atoms with Crippen LogP contribution in [0.1, 0.15) is 44.6 Å². The molecule has 1 aliphatic carbocycles. The standard InChI is InChI=1S/C23H21F3O3/c1-15(27)28-22(11-5-2-6-12-22)18-10-9-17-13-16-7-3-4-8-19(16)21(20(17)14-18)29-23(24,25)26/h3-4,7-10,13-14H,2,5-6,11-12H2,1H3. The van der Waals surface area contributed by atoms with Gasteiger partial charge in [0.05, 0.1) is 0 Å². The summed E-state index contributed by atoms with van der Waals surface area (Å²) in [5.41, 5.74) is -0.0958. The highest BCUT2D eigenvalue weighted by atomic mass is 19.4. The van der Waals surface area contributed by atoms with Crippen molar-refractivity contribution in [2.75, 3.05) is 0 Å². The zero-order valence-corrected chi connectivity index (χ0v) is 16.0. The van der Waals surface area contributed by atoms with Crippen LogP contribution in [0.2, 0.25) is 0 Å². The van der Waals surface area contributed by atoms with E-state index in [9.17, 15) is 18.0 Å². The Bertz CT molecular complexity index is 1070. The molecule has 0 N–H and O–H groups in total. The van der Waals surface area contributed by atoms with E-state index in [0.29, 0.717) is 39.9 Å². The first-order valence-electron chi connectivity index (χ1n) is 9.69. The average molecular weight is 402 g/mol. The molecular weight excluding hydrogens is 381 g/mol. The maximum Gasteiger partial charge on any atom is 0.573 e. The summed E-state index contributed by atoms with van der Waals surface area (Å²) < 4.78 is 49.8. The van der Waals surface area contributed by atoms with Gasteiger partial charge in [-0.15, -0.1) is 13.2 Å². The van der Waals surface area contributed by atoms with Gasteiger partial charge in [-0.3, -0.25) is 4.79 Å². The zero-order chi connectivity index (χ0) is 20.6. The number of halogens is 3. The third kappa shape index (κ3) is 3.88. The van der Waals surface area contributed by atoms with Gasteiger partial charge in [-0.1, -0.05) is 42.8 Å². The molecule has 3 aromatic carbocycles. The fourth-order valence-corrected chi connectivity index (χ4v) is 4.38.